The summed E-state index contributed by atoms with van der Waals surface area (Å²) in [6.45, 7) is 5.30. The highest BCUT2D eigenvalue weighted by Gasteiger charge is 2.07. The lowest BCUT2D eigenvalue weighted by Crippen LogP contribution is -1.99. The summed E-state index contributed by atoms with van der Waals surface area (Å²) >= 11 is 0. The summed E-state index contributed by atoms with van der Waals surface area (Å²) in [7, 11) is 0. The van der Waals surface area contributed by atoms with Gasteiger partial charge in [-0.2, -0.15) is 0 Å². The number of hydrogen-bond acceptors (Lipinski definition) is 1. The Morgan fingerprint density at radius 1 is 1.40 bits per heavy atom. The van der Waals surface area contributed by atoms with Crippen molar-refractivity contribution >= 4 is 5.97 Å². The second kappa shape index (κ2) is 5.15. The summed E-state index contributed by atoms with van der Waals surface area (Å²) in [5.41, 5.74) is 1.39. The Balaban J connectivity index is 2.96. The predicted molar refractivity (Wildman–Crippen MR) is 60.8 cm³/mol. The van der Waals surface area contributed by atoms with Crippen LogP contribution in [0.2, 0.25) is 0 Å². The van der Waals surface area contributed by atoms with E-state index in [9.17, 15) is 4.79 Å². The van der Waals surface area contributed by atoms with Gasteiger partial charge < -0.3 is 5.11 Å². The Kier molecular flexibility index (Phi) is 3.86. The number of carboxylic acid groups (broad SMARTS) is 1. The van der Waals surface area contributed by atoms with Crippen LogP contribution >= 0.6 is 0 Å². The van der Waals surface area contributed by atoms with Crippen LogP contribution in [0.15, 0.2) is 54.6 Å². The number of benzene rings is 1. The van der Waals surface area contributed by atoms with Gasteiger partial charge in [-0.1, -0.05) is 42.5 Å². The molecular formula is C13H14O2. The molecule has 0 aliphatic heterocycles. The van der Waals surface area contributed by atoms with Crippen molar-refractivity contribution in [3.8, 4) is 0 Å². The van der Waals surface area contributed by atoms with E-state index in [-0.39, 0.29) is 5.92 Å². The normalized spacial score (nSPS) is 13.3. The van der Waals surface area contributed by atoms with E-state index in [4.69, 9.17) is 5.11 Å². The van der Waals surface area contributed by atoms with Crippen LogP contribution in [-0.2, 0) is 4.79 Å². The maximum atomic E-state index is 10.7. The average Bonchev–Trinajstić information content (AvgIpc) is 2.26. The van der Waals surface area contributed by atoms with Crippen molar-refractivity contribution in [3.63, 3.8) is 0 Å². The maximum Gasteiger partial charge on any atom is 0.330 e. The number of rotatable bonds is 4. The number of allylic oxidation sites excluding steroid dienone is 2. The van der Waals surface area contributed by atoms with Gasteiger partial charge in [-0.25, -0.2) is 4.79 Å². The largest absolute Gasteiger partial charge is 0.478 e. The summed E-state index contributed by atoms with van der Waals surface area (Å²) in [6.07, 6.45) is 3.44. The average molecular weight is 202 g/mol. The van der Waals surface area contributed by atoms with Gasteiger partial charge in [0.15, 0.2) is 0 Å². The Morgan fingerprint density at radius 2 is 2.00 bits per heavy atom. The van der Waals surface area contributed by atoms with Crippen molar-refractivity contribution in [1.29, 1.82) is 0 Å². The first kappa shape index (κ1) is 11.2. The fraction of sp³-hybridized carbons (Fsp3) is 0.154. The molecule has 1 N–H and O–H groups in total. The lowest BCUT2D eigenvalue weighted by Gasteiger charge is -2.08. The molecule has 0 aliphatic rings. The molecule has 0 spiro atoms. The van der Waals surface area contributed by atoms with E-state index >= 15 is 0 Å². The van der Waals surface area contributed by atoms with Crippen molar-refractivity contribution < 1.29 is 9.90 Å². The molecule has 15 heavy (non-hydrogen) atoms. The highest BCUT2D eigenvalue weighted by atomic mass is 16.4. The van der Waals surface area contributed by atoms with Gasteiger partial charge in [-0.3, -0.25) is 0 Å². The van der Waals surface area contributed by atoms with Crippen LogP contribution in [-0.4, -0.2) is 11.1 Å². The third kappa shape index (κ3) is 3.09. The van der Waals surface area contributed by atoms with Crippen molar-refractivity contribution in [2.45, 2.75) is 12.8 Å². The minimum atomic E-state index is -0.891. The van der Waals surface area contributed by atoms with Gasteiger partial charge >= 0.3 is 5.97 Å². The van der Waals surface area contributed by atoms with E-state index in [1.807, 2.05) is 30.3 Å². The Hall–Kier alpha value is -1.83. The Labute approximate surface area is 89.6 Å². The fourth-order valence-corrected chi connectivity index (χ4v) is 1.32. The molecule has 78 valence electrons. The number of carbonyl (C=O) groups is 1. The van der Waals surface area contributed by atoms with Gasteiger partial charge in [-0.15, -0.1) is 6.58 Å². The van der Waals surface area contributed by atoms with Crippen LogP contribution in [0.1, 0.15) is 18.4 Å². The maximum absolute atomic E-state index is 10.7. The molecule has 0 saturated heterocycles. The SMILES string of the molecule is C=CC(/C=C(\C)C(=O)O)c1ccccc1. The zero-order chi connectivity index (χ0) is 11.3. The number of carboxylic acids is 1. The Morgan fingerprint density at radius 3 is 2.47 bits per heavy atom. The monoisotopic (exact) mass is 202 g/mol. The quantitative estimate of drug-likeness (QED) is 0.602. The first-order valence-electron chi connectivity index (χ1n) is 4.74. The van der Waals surface area contributed by atoms with E-state index in [0.717, 1.165) is 5.56 Å². The number of hydrogen-bond donors (Lipinski definition) is 1. The highest BCUT2D eigenvalue weighted by molar-refractivity contribution is 5.86. The molecule has 0 saturated carbocycles. The summed E-state index contributed by atoms with van der Waals surface area (Å²) in [5, 5.41) is 8.77. The molecule has 0 radical (unpaired) electrons. The first-order valence-corrected chi connectivity index (χ1v) is 4.74. The van der Waals surface area contributed by atoms with Crippen LogP contribution in [0.25, 0.3) is 0 Å². The van der Waals surface area contributed by atoms with Crippen LogP contribution in [0.4, 0.5) is 0 Å². The summed E-state index contributed by atoms with van der Waals surface area (Å²) < 4.78 is 0. The molecule has 1 unspecified atom stereocenters. The van der Waals surface area contributed by atoms with Crippen molar-refractivity contribution in [2.24, 2.45) is 0 Å². The van der Waals surface area contributed by atoms with Crippen LogP contribution < -0.4 is 0 Å². The van der Waals surface area contributed by atoms with E-state index in [0.29, 0.717) is 5.57 Å². The molecular weight excluding hydrogens is 188 g/mol. The van der Waals surface area contributed by atoms with Gasteiger partial charge in [0.05, 0.1) is 0 Å². The molecule has 0 fully saturated rings. The van der Waals surface area contributed by atoms with Gasteiger partial charge in [0, 0.05) is 11.5 Å². The lowest BCUT2D eigenvalue weighted by molar-refractivity contribution is -0.132. The standard InChI is InChI=1S/C13H14O2/c1-3-11(9-10(2)13(14)15)12-7-5-4-6-8-12/h3-9,11H,1H2,2H3,(H,14,15)/b10-9+. The van der Waals surface area contributed by atoms with Crippen LogP contribution in [0.3, 0.4) is 0 Å². The molecule has 0 heterocycles. The van der Waals surface area contributed by atoms with Crippen molar-refractivity contribution in [3.05, 3.63) is 60.2 Å². The molecule has 1 atom stereocenters. The topological polar surface area (TPSA) is 37.3 Å². The molecule has 1 aromatic carbocycles. The number of aliphatic carboxylic acids is 1. The Bertz CT molecular complexity index is 377. The zero-order valence-electron chi connectivity index (χ0n) is 8.68. The van der Waals surface area contributed by atoms with E-state index in [1.54, 1.807) is 19.1 Å². The molecule has 0 aromatic heterocycles. The highest BCUT2D eigenvalue weighted by Crippen LogP contribution is 2.19. The van der Waals surface area contributed by atoms with Crippen molar-refractivity contribution in [1.82, 2.24) is 0 Å². The van der Waals surface area contributed by atoms with Crippen LogP contribution in [0.5, 0.6) is 0 Å². The second-order valence-corrected chi connectivity index (χ2v) is 3.33. The molecule has 1 aromatic rings. The van der Waals surface area contributed by atoms with Crippen molar-refractivity contribution in [2.75, 3.05) is 0 Å². The summed E-state index contributed by atoms with van der Waals surface area (Å²) in [4.78, 5) is 10.7. The van der Waals surface area contributed by atoms with Gasteiger partial charge in [0.1, 0.15) is 0 Å². The molecule has 0 amide bonds. The zero-order valence-corrected chi connectivity index (χ0v) is 8.68. The van der Waals surface area contributed by atoms with E-state index in [1.165, 1.54) is 0 Å². The summed E-state index contributed by atoms with van der Waals surface area (Å²) in [5.74, 6) is -0.930. The molecule has 1 rings (SSSR count). The minimum absolute atomic E-state index is 0.0395. The lowest BCUT2D eigenvalue weighted by atomic mass is 9.97. The van der Waals surface area contributed by atoms with Gasteiger partial charge in [-0.05, 0) is 12.5 Å². The molecule has 0 bridgehead atoms. The first-order chi connectivity index (χ1) is 7.15. The predicted octanol–water partition coefficient (Wildman–Crippen LogP) is 2.99. The van der Waals surface area contributed by atoms with E-state index in [2.05, 4.69) is 6.58 Å². The van der Waals surface area contributed by atoms with E-state index < -0.39 is 5.97 Å². The third-order valence-electron chi connectivity index (χ3n) is 2.21. The fourth-order valence-electron chi connectivity index (χ4n) is 1.32. The molecule has 2 nitrogen and oxygen atoms in total. The summed E-state index contributed by atoms with van der Waals surface area (Å²) in [6, 6.07) is 9.69. The molecule has 0 aliphatic carbocycles. The second-order valence-electron chi connectivity index (χ2n) is 3.33. The minimum Gasteiger partial charge on any atom is -0.478 e. The smallest absolute Gasteiger partial charge is 0.330 e. The van der Waals surface area contributed by atoms with Gasteiger partial charge in [0.2, 0.25) is 0 Å². The molecule has 2 heteroatoms. The van der Waals surface area contributed by atoms with Crippen LogP contribution in [0, 0.1) is 0 Å². The van der Waals surface area contributed by atoms with Gasteiger partial charge in [0.25, 0.3) is 0 Å². The third-order valence-corrected chi connectivity index (χ3v) is 2.21.